The van der Waals surface area contributed by atoms with E-state index < -0.39 is 17.6 Å². The third kappa shape index (κ3) is 4.35. The predicted octanol–water partition coefficient (Wildman–Crippen LogP) is 1.01. The first kappa shape index (κ1) is 16.2. The second-order valence-electron chi connectivity index (χ2n) is 5.01. The third-order valence-electron chi connectivity index (χ3n) is 3.33. The van der Waals surface area contributed by atoms with Gasteiger partial charge in [0.05, 0.1) is 12.6 Å². The van der Waals surface area contributed by atoms with Gasteiger partial charge in [0.2, 0.25) is 5.91 Å². The molecule has 0 aliphatic heterocycles. The zero-order valence-electron chi connectivity index (χ0n) is 12.2. The van der Waals surface area contributed by atoms with E-state index in [0.717, 1.165) is 5.56 Å². The van der Waals surface area contributed by atoms with Crippen molar-refractivity contribution in [1.29, 1.82) is 0 Å². The summed E-state index contributed by atoms with van der Waals surface area (Å²) in [5.74, 6) is -0.833. The quantitative estimate of drug-likeness (QED) is 0.761. The standard InChI is InChI=1S/C15H22N2O3/c1-4-15(2,16)14(19)17-12(13(18)20-3)10-11-8-6-5-7-9-11/h5-9,12H,4,10,16H2,1-3H3,(H,17,19)/t12-,15-/m0/s1. The molecule has 0 spiro atoms. The van der Waals surface area contributed by atoms with Gasteiger partial charge >= 0.3 is 5.97 Å². The number of hydrogen-bond acceptors (Lipinski definition) is 4. The molecular weight excluding hydrogens is 256 g/mol. The summed E-state index contributed by atoms with van der Waals surface area (Å²) in [6.45, 7) is 3.46. The molecule has 1 rings (SSSR count). The summed E-state index contributed by atoms with van der Waals surface area (Å²) in [7, 11) is 1.30. The normalized spacial score (nSPS) is 15.0. The topological polar surface area (TPSA) is 81.4 Å². The average molecular weight is 278 g/mol. The van der Waals surface area contributed by atoms with Gasteiger partial charge < -0.3 is 15.8 Å². The van der Waals surface area contributed by atoms with E-state index in [9.17, 15) is 9.59 Å². The number of carbonyl (C=O) groups excluding carboxylic acids is 2. The van der Waals surface area contributed by atoms with Gasteiger partial charge in [-0.2, -0.15) is 0 Å². The molecule has 0 bridgehead atoms. The zero-order valence-corrected chi connectivity index (χ0v) is 12.2. The number of benzene rings is 1. The highest BCUT2D eigenvalue weighted by molar-refractivity contribution is 5.90. The third-order valence-corrected chi connectivity index (χ3v) is 3.33. The number of carbonyl (C=O) groups is 2. The fourth-order valence-electron chi connectivity index (χ4n) is 1.67. The minimum absolute atomic E-state index is 0.355. The smallest absolute Gasteiger partial charge is 0.328 e. The highest BCUT2D eigenvalue weighted by atomic mass is 16.5. The van der Waals surface area contributed by atoms with Crippen LogP contribution in [0.1, 0.15) is 25.8 Å². The van der Waals surface area contributed by atoms with E-state index in [-0.39, 0.29) is 5.91 Å². The van der Waals surface area contributed by atoms with Crippen LogP contribution in [-0.2, 0) is 20.7 Å². The van der Waals surface area contributed by atoms with E-state index in [1.807, 2.05) is 37.3 Å². The van der Waals surface area contributed by atoms with Gasteiger partial charge in [0.25, 0.3) is 0 Å². The molecule has 1 aromatic carbocycles. The minimum atomic E-state index is -0.997. The number of ether oxygens (including phenoxy) is 1. The van der Waals surface area contributed by atoms with Crippen LogP contribution < -0.4 is 11.1 Å². The van der Waals surface area contributed by atoms with Gasteiger partial charge in [-0.15, -0.1) is 0 Å². The molecule has 0 aliphatic rings. The molecule has 0 fully saturated rings. The van der Waals surface area contributed by atoms with E-state index in [4.69, 9.17) is 10.5 Å². The molecule has 2 atom stereocenters. The molecule has 0 saturated heterocycles. The molecular formula is C15H22N2O3. The van der Waals surface area contributed by atoms with E-state index in [1.54, 1.807) is 6.92 Å². The Labute approximate surface area is 119 Å². The largest absolute Gasteiger partial charge is 0.467 e. The second kappa shape index (κ2) is 7.05. The Morgan fingerprint density at radius 3 is 2.45 bits per heavy atom. The molecule has 110 valence electrons. The summed E-state index contributed by atoms with van der Waals surface area (Å²) in [5, 5.41) is 2.67. The summed E-state index contributed by atoms with van der Waals surface area (Å²) in [6, 6.07) is 8.70. The Balaban J connectivity index is 2.81. The highest BCUT2D eigenvalue weighted by Gasteiger charge is 2.30. The van der Waals surface area contributed by atoms with Crippen LogP contribution in [0.4, 0.5) is 0 Å². The lowest BCUT2D eigenvalue weighted by molar-refractivity contribution is -0.145. The van der Waals surface area contributed by atoms with Gasteiger partial charge in [-0.25, -0.2) is 4.79 Å². The Hall–Kier alpha value is -1.88. The fraction of sp³-hybridized carbons (Fsp3) is 0.467. The van der Waals surface area contributed by atoms with Crippen LogP contribution in [0.15, 0.2) is 30.3 Å². The molecule has 5 heteroatoms. The average Bonchev–Trinajstić information content (AvgIpc) is 2.46. The van der Waals surface area contributed by atoms with E-state index in [2.05, 4.69) is 5.32 Å². The molecule has 1 amide bonds. The Kier molecular flexibility index (Phi) is 5.70. The highest BCUT2D eigenvalue weighted by Crippen LogP contribution is 2.08. The maximum Gasteiger partial charge on any atom is 0.328 e. The number of esters is 1. The summed E-state index contributed by atoms with van der Waals surface area (Å²) >= 11 is 0. The van der Waals surface area contributed by atoms with Crippen molar-refractivity contribution >= 4 is 11.9 Å². The minimum Gasteiger partial charge on any atom is -0.467 e. The number of hydrogen-bond donors (Lipinski definition) is 2. The van der Waals surface area contributed by atoms with Crippen LogP contribution in [0.3, 0.4) is 0 Å². The zero-order chi connectivity index (χ0) is 15.2. The number of amides is 1. The molecule has 20 heavy (non-hydrogen) atoms. The fourth-order valence-corrected chi connectivity index (χ4v) is 1.67. The molecule has 1 aromatic rings. The van der Waals surface area contributed by atoms with E-state index >= 15 is 0 Å². The first-order valence-electron chi connectivity index (χ1n) is 6.62. The van der Waals surface area contributed by atoms with Crippen LogP contribution in [0.25, 0.3) is 0 Å². The molecule has 3 N–H and O–H groups in total. The number of methoxy groups -OCH3 is 1. The van der Waals surface area contributed by atoms with Crippen molar-refractivity contribution in [2.45, 2.75) is 38.3 Å². The number of rotatable bonds is 6. The molecule has 0 aromatic heterocycles. The monoisotopic (exact) mass is 278 g/mol. The molecule has 0 saturated carbocycles. The van der Waals surface area contributed by atoms with Crippen molar-refractivity contribution in [3.8, 4) is 0 Å². The lowest BCUT2D eigenvalue weighted by atomic mass is 9.98. The van der Waals surface area contributed by atoms with Crippen molar-refractivity contribution in [1.82, 2.24) is 5.32 Å². The van der Waals surface area contributed by atoms with Gasteiger partial charge in [-0.05, 0) is 18.9 Å². The van der Waals surface area contributed by atoms with E-state index in [1.165, 1.54) is 7.11 Å². The van der Waals surface area contributed by atoms with E-state index in [0.29, 0.717) is 12.8 Å². The van der Waals surface area contributed by atoms with Crippen molar-refractivity contribution in [2.24, 2.45) is 5.73 Å². The van der Waals surface area contributed by atoms with Crippen LogP contribution in [0, 0.1) is 0 Å². The van der Waals surface area contributed by atoms with Gasteiger partial charge in [0.15, 0.2) is 0 Å². The Bertz CT molecular complexity index is 457. The van der Waals surface area contributed by atoms with Crippen molar-refractivity contribution in [3.05, 3.63) is 35.9 Å². The summed E-state index contributed by atoms with van der Waals surface area (Å²) in [5.41, 5.74) is 5.82. The summed E-state index contributed by atoms with van der Waals surface area (Å²) in [4.78, 5) is 23.9. The number of nitrogens with two attached hydrogens (primary N) is 1. The molecule has 0 aliphatic carbocycles. The van der Waals surface area contributed by atoms with Crippen LogP contribution in [-0.4, -0.2) is 30.6 Å². The summed E-state index contributed by atoms with van der Waals surface area (Å²) < 4.78 is 4.74. The first-order chi connectivity index (χ1) is 9.40. The molecule has 0 radical (unpaired) electrons. The lowest BCUT2D eigenvalue weighted by Crippen LogP contribution is -2.56. The van der Waals surface area contributed by atoms with Crippen LogP contribution in [0.2, 0.25) is 0 Å². The molecule has 0 heterocycles. The predicted molar refractivity (Wildman–Crippen MR) is 77.0 cm³/mol. The van der Waals surface area contributed by atoms with Crippen LogP contribution in [0.5, 0.6) is 0 Å². The van der Waals surface area contributed by atoms with Crippen molar-refractivity contribution < 1.29 is 14.3 Å². The van der Waals surface area contributed by atoms with Crippen LogP contribution >= 0.6 is 0 Å². The maximum absolute atomic E-state index is 12.1. The van der Waals surface area contributed by atoms with Gasteiger partial charge in [0, 0.05) is 6.42 Å². The Morgan fingerprint density at radius 1 is 1.35 bits per heavy atom. The second-order valence-corrected chi connectivity index (χ2v) is 5.01. The number of nitrogens with one attached hydrogen (secondary N) is 1. The molecule has 0 unspecified atom stereocenters. The Morgan fingerprint density at radius 2 is 1.95 bits per heavy atom. The maximum atomic E-state index is 12.1. The van der Waals surface area contributed by atoms with Crippen molar-refractivity contribution in [3.63, 3.8) is 0 Å². The lowest BCUT2D eigenvalue weighted by Gasteiger charge is -2.25. The van der Waals surface area contributed by atoms with Crippen molar-refractivity contribution in [2.75, 3.05) is 7.11 Å². The van der Waals surface area contributed by atoms with Gasteiger partial charge in [-0.3, -0.25) is 4.79 Å². The summed E-state index contributed by atoms with van der Waals surface area (Å²) in [6.07, 6.45) is 0.858. The van der Waals surface area contributed by atoms with Gasteiger partial charge in [-0.1, -0.05) is 37.3 Å². The first-order valence-corrected chi connectivity index (χ1v) is 6.62. The molecule has 5 nitrogen and oxygen atoms in total. The van der Waals surface area contributed by atoms with Gasteiger partial charge in [0.1, 0.15) is 6.04 Å². The SMILES string of the molecule is CC[C@](C)(N)C(=O)N[C@@H](Cc1ccccc1)C(=O)OC.